The molecule has 1 aliphatic heterocycles. The Balaban J connectivity index is 1.87. The van der Waals surface area contributed by atoms with Gasteiger partial charge >= 0.3 is 5.97 Å². The number of aromatic nitrogens is 2. The van der Waals surface area contributed by atoms with E-state index in [4.69, 9.17) is 4.74 Å². The number of carbonyl (C=O) groups excluding carboxylic acids is 1. The van der Waals surface area contributed by atoms with Crippen LogP contribution in [0.15, 0.2) is 36.7 Å². The molecule has 1 aliphatic rings. The second-order valence-corrected chi connectivity index (χ2v) is 7.55. The molecule has 27 heavy (non-hydrogen) atoms. The van der Waals surface area contributed by atoms with E-state index in [1.165, 1.54) is 10.9 Å². The van der Waals surface area contributed by atoms with E-state index in [-0.39, 0.29) is 5.91 Å². The molecule has 0 radical (unpaired) electrons. The number of carboxylic acids is 1. The predicted octanol–water partition coefficient (Wildman–Crippen LogP) is 2.70. The Morgan fingerprint density at radius 1 is 1.22 bits per heavy atom. The zero-order valence-electron chi connectivity index (χ0n) is 15.9. The lowest BCUT2D eigenvalue weighted by Crippen LogP contribution is -2.44. The molecule has 1 amide bonds. The number of hydrogen-bond acceptors (Lipinski definition) is 4. The number of anilines is 1. The standard InChI is InChI=1S/C20H25N3O4/c1-14-4-6-15(7-5-14)20(8-10-27-11-9-20)17(24)22-16-12-21-23(13-16)19(2,3)18(25)26/h4-7,12-13H,8-11H2,1-3H3,(H,22,24)(H,25,26). The number of carboxylic acid groups (broad SMARTS) is 1. The predicted molar refractivity (Wildman–Crippen MR) is 101 cm³/mol. The first-order valence-corrected chi connectivity index (χ1v) is 9.01. The van der Waals surface area contributed by atoms with Crippen molar-refractivity contribution in [3.05, 3.63) is 47.8 Å². The summed E-state index contributed by atoms with van der Waals surface area (Å²) in [7, 11) is 0. The largest absolute Gasteiger partial charge is 0.479 e. The smallest absolute Gasteiger partial charge is 0.331 e. The maximum atomic E-state index is 13.2. The normalized spacial score (nSPS) is 16.7. The van der Waals surface area contributed by atoms with Gasteiger partial charge in [0.15, 0.2) is 5.54 Å². The maximum Gasteiger partial charge on any atom is 0.331 e. The molecule has 0 bridgehead atoms. The SMILES string of the molecule is Cc1ccc(C2(C(=O)Nc3cnn(C(C)(C)C(=O)O)c3)CCOCC2)cc1. The minimum Gasteiger partial charge on any atom is -0.479 e. The highest BCUT2D eigenvalue weighted by Gasteiger charge is 2.42. The van der Waals surface area contributed by atoms with Crippen LogP contribution in [-0.4, -0.2) is 40.0 Å². The Labute approximate surface area is 158 Å². The van der Waals surface area contributed by atoms with Crippen LogP contribution < -0.4 is 5.32 Å². The quantitative estimate of drug-likeness (QED) is 0.843. The molecule has 1 fully saturated rings. The molecule has 1 aromatic carbocycles. The number of aryl methyl sites for hydroxylation is 1. The number of nitrogens with zero attached hydrogens (tertiary/aromatic N) is 2. The summed E-state index contributed by atoms with van der Waals surface area (Å²) >= 11 is 0. The van der Waals surface area contributed by atoms with Crippen LogP contribution in [0.5, 0.6) is 0 Å². The van der Waals surface area contributed by atoms with Crippen molar-refractivity contribution in [3.8, 4) is 0 Å². The molecule has 1 aromatic heterocycles. The highest BCUT2D eigenvalue weighted by molar-refractivity contribution is 5.99. The number of ether oxygens (including phenoxy) is 1. The number of amides is 1. The van der Waals surface area contributed by atoms with Crippen LogP contribution in [0.4, 0.5) is 5.69 Å². The Hall–Kier alpha value is -2.67. The van der Waals surface area contributed by atoms with Crippen LogP contribution in [0.3, 0.4) is 0 Å². The number of benzene rings is 1. The summed E-state index contributed by atoms with van der Waals surface area (Å²) in [6.45, 7) is 6.17. The summed E-state index contributed by atoms with van der Waals surface area (Å²) in [6.07, 6.45) is 4.21. The lowest BCUT2D eigenvalue weighted by molar-refractivity contribution is -0.146. The van der Waals surface area contributed by atoms with Gasteiger partial charge in [-0.15, -0.1) is 0 Å². The molecule has 7 heteroatoms. The van der Waals surface area contributed by atoms with Crippen LogP contribution in [0, 0.1) is 6.92 Å². The molecule has 1 saturated heterocycles. The van der Waals surface area contributed by atoms with Crippen molar-refractivity contribution in [2.45, 2.75) is 44.6 Å². The fraction of sp³-hybridized carbons (Fsp3) is 0.450. The van der Waals surface area contributed by atoms with Crippen molar-refractivity contribution in [2.75, 3.05) is 18.5 Å². The van der Waals surface area contributed by atoms with Gasteiger partial charge in [-0.25, -0.2) is 4.79 Å². The number of aliphatic carboxylic acids is 1. The van der Waals surface area contributed by atoms with Crippen molar-refractivity contribution in [2.24, 2.45) is 0 Å². The minimum absolute atomic E-state index is 0.123. The summed E-state index contributed by atoms with van der Waals surface area (Å²) in [4.78, 5) is 24.6. The van der Waals surface area contributed by atoms with E-state index < -0.39 is 16.9 Å². The molecule has 0 saturated carbocycles. The average Bonchev–Trinajstić information content (AvgIpc) is 3.12. The maximum absolute atomic E-state index is 13.2. The van der Waals surface area contributed by atoms with E-state index in [9.17, 15) is 14.7 Å². The number of nitrogens with one attached hydrogen (secondary N) is 1. The average molecular weight is 371 g/mol. The molecule has 0 atom stereocenters. The van der Waals surface area contributed by atoms with E-state index in [2.05, 4.69) is 10.4 Å². The molecule has 0 spiro atoms. The molecule has 144 valence electrons. The third-order valence-corrected chi connectivity index (χ3v) is 5.32. The molecule has 7 nitrogen and oxygen atoms in total. The lowest BCUT2D eigenvalue weighted by Gasteiger charge is -2.36. The zero-order valence-corrected chi connectivity index (χ0v) is 15.9. The first-order valence-electron chi connectivity index (χ1n) is 9.01. The third-order valence-electron chi connectivity index (χ3n) is 5.32. The second kappa shape index (κ2) is 7.15. The third kappa shape index (κ3) is 3.60. The molecular formula is C20H25N3O4. The summed E-state index contributed by atoms with van der Waals surface area (Å²) in [5, 5.41) is 16.4. The van der Waals surface area contributed by atoms with E-state index >= 15 is 0 Å². The van der Waals surface area contributed by atoms with Crippen LogP contribution in [0.25, 0.3) is 0 Å². The van der Waals surface area contributed by atoms with E-state index in [1.807, 2.05) is 31.2 Å². The van der Waals surface area contributed by atoms with Crippen LogP contribution in [-0.2, 0) is 25.3 Å². The fourth-order valence-corrected chi connectivity index (χ4v) is 3.28. The van der Waals surface area contributed by atoms with Gasteiger partial charge in [0.25, 0.3) is 0 Å². The molecule has 0 aliphatic carbocycles. The van der Waals surface area contributed by atoms with Crippen molar-refractivity contribution < 1.29 is 19.4 Å². The lowest BCUT2D eigenvalue weighted by atomic mass is 9.73. The van der Waals surface area contributed by atoms with Crippen molar-refractivity contribution in [1.29, 1.82) is 0 Å². The summed E-state index contributed by atoms with van der Waals surface area (Å²) in [5.74, 6) is -1.12. The topological polar surface area (TPSA) is 93.5 Å². The Morgan fingerprint density at radius 3 is 2.44 bits per heavy atom. The van der Waals surface area contributed by atoms with Gasteiger partial charge in [0.1, 0.15) is 0 Å². The highest BCUT2D eigenvalue weighted by atomic mass is 16.5. The number of rotatable bonds is 5. The van der Waals surface area contributed by atoms with Gasteiger partial charge < -0.3 is 15.2 Å². The zero-order chi connectivity index (χ0) is 19.7. The van der Waals surface area contributed by atoms with Crippen LogP contribution in [0.1, 0.15) is 37.8 Å². The first kappa shape index (κ1) is 19.1. The van der Waals surface area contributed by atoms with Gasteiger partial charge in [-0.05, 0) is 39.2 Å². The summed E-state index contributed by atoms with van der Waals surface area (Å²) < 4.78 is 6.82. The van der Waals surface area contributed by atoms with Gasteiger partial charge in [0, 0.05) is 19.4 Å². The fourth-order valence-electron chi connectivity index (χ4n) is 3.28. The summed E-state index contributed by atoms with van der Waals surface area (Å²) in [5.41, 5.74) is 0.713. The van der Waals surface area contributed by atoms with E-state index in [1.54, 1.807) is 20.0 Å². The second-order valence-electron chi connectivity index (χ2n) is 7.55. The molecule has 0 unspecified atom stereocenters. The van der Waals surface area contributed by atoms with Gasteiger partial charge in [-0.1, -0.05) is 29.8 Å². The highest BCUT2D eigenvalue weighted by Crippen LogP contribution is 2.36. The van der Waals surface area contributed by atoms with Crippen molar-refractivity contribution in [1.82, 2.24) is 9.78 Å². The number of carbonyl (C=O) groups is 2. The molecule has 3 rings (SSSR count). The van der Waals surface area contributed by atoms with E-state index in [0.717, 1.165) is 11.1 Å². The monoisotopic (exact) mass is 371 g/mol. The Kier molecular flexibility index (Phi) is 5.06. The molecule has 2 aromatic rings. The van der Waals surface area contributed by atoms with E-state index in [0.29, 0.717) is 31.7 Å². The van der Waals surface area contributed by atoms with Gasteiger partial charge in [-0.3, -0.25) is 9.48 Å². The minimum atomic E-state index is -1.20. The molecule has 2 heterocycles. The summed E-state index contributed by atoms with van der Waals surface area (Å²) in [6, 6.07) is 8.01. The van der Waals surface area contributed by atoms with Gasteiger partial charge in [0.2, 0.25) is 5.91 Å². The van der Waals surface area contributed by atoms with Crippen LogP contribution >= 0.6 is 0 Å². The van der Waals surface area contributed by atoms with Crippen molar-refractivity contribution in [3.63, 3.8) is 0 Å². The van der Waals surface area contributed by atoms with Gasteiger partial charge in [-0.2, -0.15) is 5.10 Å². The van der Waals surface area contributed by atoms with Gasteiger partial charge in [0.05, 0.1) is 17.3 Å². The Bertz CT molecular complexity index is 833. The number of hydrogen-bond donors (Lipinski definition) is 2. The van der Waals surface area contributed by atoms with Crippen LogP contribution in [0.2, 0.25) is 0 Å². The van der Waals surface area contributed by atoms with Crippen molar-refractivity contribution >= 4 is 17.6 Å². The first-order chi connectivity index (χ1) is 12.8. The Morgan fingerprint density at radius 2 is 1.85 bits per heavy atom. The molecular weight excluding hydrogens is 346 g/mol. The molecule has 2 N–H and O–H groups in total.